The number of methoxy groups -OCH3 is 1. The van der Waals surface area contributed by atoms with Gasteiger partial charge in [-0.05, 0) is 36.2 Å². The summed E-state index contributed by atoms with van der Waals surface area (Å²) in [6, 6.07) is 20.5. The Morgan fingerprint density at radius 2 is 1.45 bits per heavy atom. The van der Waals surface area contributed by atoms with Crippen LogP contribution < -0.4 is 10.1 Å². The highest BCUT2D eigenvalue weighted by molar-refractivity contribution is 6.22. The minimum atomic E-state index is -2.20. The van der Waals surface area contributed by atoms with Crippen molar-refractivity contribution < 1.29 is 41.8 Å². The average Bonchev–Trinajstić information content (AvgIpc) is 2.99. The number of hydrogen-bond acceptors (Lipinski definition) is 8. The topological polar surface area (TPSA) is 104 Å². The van der Waals surface area contributed by atoms with Gasteiger partial charge in [0.1, 0.15) is 17.5 Å². The van der Waals surface area contributed by atoms with E-state index in [2.05, 4.69) is 10.3 Å². The van der Waals surface area contributed by atoms with Gasteiger partial charge in [0.15, 0.2) is 17.7 Å². The van der Waals surface area contributed by atoms with Crippen molar-refractivity contribution >= 4 is 29.2 Å². The zero-order valence-electron chi connectivity index (χ0n) is 22.5. The van der Waals surface area contributed by atoms with Gasteiger partial charge in [0, 0.05) is 6.07 Å². The second-order valence-corrected chi connectivity index (χ2v) is 8.81. The number of ketones is 1. The fourth-order valence-electron chi connectivity index (χ4n) is 4.08. The van der Waals surface area contributed by atoms with Crippen LogP contribution >= 0.6 is 0 Å². The number of nitrogens with one attached hydrogen (secondary N) is 1. The molecule has 0 fully saturated rings. The van der Waals surface area contributed by atoms with Gasteiger partial charge in [-0.3, -0.25) is 14.4 Å². The van der Waals surface area contributed by atoms with Crippen LogP contribution in [-0.2, 0) is 19.1 Å². The van der Waals surface area contributed by atoms with Gasteiger partial charge >= 0.3 is 11.9 Å². The van der Waals surface area contributed by atoms with E-state index in [-0.39, 0.29) is 12.3 Å². The van der Waals surface area contributed by atoms with E-state index >= 15 is 0 Å². The van der Waals surface area contributed by atoms with Gasteiger partial charge in [0.25, 0.3) is 5.88 Å². The molecular formula is C31H25F3N2O6. The molecule has 1 unspecified atom stereocenters. The number of Topliss-reactive ketones (excluding diaryl/α,β-unsaturated/α-hetero) is 1. The Bertz CT molecular complexity index is 1550. The van der Waals surface area contributed by atoms with Gasteiger partial charge < -0.3 is 19.5 Å². The van der Waals surface area contributed by atoms with Crippen molar-refractivity contribution in [2.24, 2.45) is 5.92 Å². The number of aromatic nitrogens is 1. The number of benzene rings is 3. The first-order valence-corrected chi connectivity index (χ1v) is 12.7. The Balaban J connectivity index is 1.76. The normalized spacial score (nSPS) is 11.5. The van der Waals surface area contributed by atoms with Crippen LogP contribution in [0.1, 0.15) is 34.5 Å². The summed E-state index contributed by atoms with van der Waals surface area (Å²) in [7, 11) is 1.11. The molecule has 42 heavy (non-hydrogen) atoms. The van der Waals surface area contributed by atoms with Crippen LogP contribution in [0.25, 0.3) is 0 Å². The van der Waals surface area contributed by atoms with Gasteiger partial charge in [0.2, 0.25) is 5.92 Å². The number of hydrogen-bond donors (Lipinski definition) is 1. The summed E-state index contributed by atoms with van der Waals surface area (Å²) in [6.45, 7) is 1.29. The van der Waals surface area contributed by atoms with E-state index in [1.807, 2.05) is 0 Å². The molecular weight excluding hydrogens is 553 g/mol. The van der Waals surface area contributed by atoms with E-state index < -0.39 is 64.5 Å². The second kappa shape index (κ2) is 13.4. The molecule has 4 rings (SSSR count). The third-order valence-electron chi connectivity index (χ3n) is 6.05. The van der Waals surface area contributed by atoms with Crippen LogP contribution in [0.15, 0.2) is 84.9 Å². The molecule has 0 spiro atoms. The second-order valence-electron chi connectivity index (χ2n) is 8.81. The number of halogens is 3. The van der Waals surface area contributed by atoms with Gasteiger partial charge in [-0.15, -0.1) is 0 Å². The number of ether oxygens (including phenoxy) is 3. The predicted molar refractivity (Wildman–Crippen MR) is 146 cm³/mol. The lowest BCUT2D eigenvalue weighted by Crippen LogP contribution is -2.36. The van der Waals surface area contributed by atoms with E-state index in [1.165, 1.54) is 6.92 Å². The summed E-state index contributed by atoms with van der Waals surface area (Å²) in [5, 5.41) is 2.48. The van der Waals surface area contributed by atoms with Crippen LogP contribution in [0.2, 0.25) is 0 Å². The van der Waals surface area contributed by atoms with E-state index in [4.69, 9.17) is 14.2 Å². The maximum Gasteiger partial charge on any atom is 0.329 e. The van der Waals surface area contributed by atoms with Crippen LogP contribution in [0.3, 0.4) is 0 Å². The molecule has 0 aliphatic rings. The minimum Gasteiger partial charge on any atom is -0.479 e. The van der Waals surface area contributed by atoms with Crippen LogP contribution in [0.5, 0.6) is 5.88 Å². The Kier molecular flexibility index (Phi) is 9.53. The molecule has 1 N–H and O–H groups in total. The molecule has 3 aromatic carbocycles. The lowest BCUT2D eigenvalue weighted by molar-refractivity contribution is -0.161. The van der Waals surface area contributed by atoms with Crippen molar-refractivity contribution in [3.8, 4) is 5.88 Å². The molecule has 1 atom stereocenters. The van der Waals surface area contributed by atoms with Gasteiger partial charge in [-0.2, -0.15) is 4.98 Å². The smallest absolute Gasteiger partial charge is 0.329 e. The molecule has 8 nitrogen and oxygen atoms in total. The molecule has 0 bridgehead atoms. The summed E-state index contributed by atoms with van der Waals surface area (Å²) < 4.78 is 58.3. The van der Waals surface area contributed by atoms with Crippen LogP contribution in [0, 0.1) is 23.4 Å². The fourth-order valence-corrected chi connectivity index (χ4v) is 4.08. The molecule has 0 radical (unpaired) electrons. The third-order valence-corrected chi connectivity index (χ3v) is 6.05. The van der Waals surface area contributed by atoms with Gasteiger partial charge in [-0.1, -0.05) is 60.7 Å². The first-order chi connectivity index (χ1) is 20.2. The van der Waals surface area contributed by atoms with E-state index in [9.17, 15) is 27.6 Å². The zero-order valence-corrected chi connectivity index (χ0v) is 22.5. The van der Waals surface area contributed by atoms with Gasteiger partial charge in [0.05, 0.1) is 25.0 Å². The Hall–Kier alpha value is -5.19. The number of carbonyl (C=O) groups excluding carboxylic acids is 3. The number of rotatable bonds is 11. The van der Waals surface area contributed by atoms with Crippen molar-refractivity contribution in [3.63, 3.8) is 0 Å². The SMILES string of the molecule is CCOC(=O)C(C(=O)OC(c1ccccc1)c1ccccc1)C(=O)c1cc(F)c(OC)nc1Nc1ccc(F)cc1F. The fraction of sp³-hybridized carbons (Fsp3) is 0.161. The highest BCUT2D eigenvalue weighted by Gasteiger charge is 2.41. The van der Waals surface area contributed by atoms with Crippen LogP contribution in [-0.4, -0.2) is 36.4 Å². The standard InChI is InChI=1S/C31H25F3N2O6/c1-3-41-30(38)25(31(39)42-27(18-10-6-4-7-11-18)19-12-8-5-9-13-19)26(37)21-17-23(34)29(40-2)36-28(21)35-24-15-14-20(32)16-22(24)33/h4-17,25,27H,3H2,1-2H3,(H,35,36). The van der Waals surface area contributed by atoms with Crippen LogP contribution in [0.4, 0.5) is 24.7 Å². The lowest BCUT2D eigenvalue weighted by atomic mass is 9.96. The Labute approximate surface area is 239 Å². The van der Waals surface area contributed by atoms with E-state index in [0.29, 0.717) is 23.3 Å². The molecule has 1 aromatic heterocycles. The zero-order chi connectivity index (χ0) is 30.2. The molecule has 1 heterocycles. The van der Waals surface area contributed by atoms with Crippen molar-refractivity contribution in [3.05, 3.63) is 119 Å². The number of pyridine rings is 1. The Morgan fingerprint density at radius 1 is 0.833 bits per heavy atom. The quantitative estimate of drug-likeness (QED) is 0.132. The summed E-state index contributed by atoms with van der Waals surface area (Å²) in [5.41, 5.74) is 0.176. The predicted octanol–water partition coefficient (Wildman–Crippen LogP) is 5.95. The summed E-state index contributed by atoms with van der Waals surface area (Å²) in [4.78, 5) is 44.3. The van der Waals surface area contributed by atoms with E-state index in [1.54, 1.807) is 60.7 Å². The minimum absolute atomic E-state index is 0.183. The summed E-state index contributed by atoms with van der Waals surface area (Å²) in [5.74, 6) is -10.0. The van der Waals surface area contributed by atoms with Crippen molar-refractivity contribution in [2.75, 3.05) is 19.0 Å². The molecule has 0 aliphatic carbocycles. The van der Waals surface area contributed by atoms with Crippen molar-refractivity contribution in [1.29, 1.82) is 0 Å². The molecule has 0 saturated heterocycles. The molecule has 216 valence electrons. The molecule has 11 heteroatoms. The molecule has 4 aromatic rings. The number of nitrogens with zero attached hydrogens (tertiary/aromatic N) is 1. The van der Waals surface area contributed by atoms with Crippen molar-refractivity contribution in [1.82, 2.24) is 4.98 Å². The summed E-state index contributed by atoms with van der Waals surface area (Å²) >= 11 is 0. The lowest BCUT2D eigenvalue weighted by Gasteiger charge is -2.22. The molecule has 0 amide bonds. The molecule has 0 saturated carbocycles. The van der Waals surface area contributed by atoms with Crippen molar-refractivity contribution in [2.45, 2.75) is 13.0 Å². The maximum absolute atomic E-state index is 14.8. The third kappa shape index (κ3) is 6.74. The first kappa shape index (κ1) is 29.8. The monoisotopic (exact) mass is 578 g/mol. The average molecular weight is 579 g/mol. The number of carbonyl (C=O) groups is 3. The highest BCUT2D eigenvalue weighted by atomic mass is 19.1. The number of esters is 2. The van der Waals surface area contributed by atoms with Gasteiger partial charge in [-0.25, -0.2) is 13.2 Å². The highest BCUT2D eigenvalue weighted by Crippen LogP contribution is 2.31. The number of anilines is 2. The first-order valence-electron chi connectivity index (χ1n) is 12.7. The largest absolute Gasteiger partial charge is 0.479 e. The Morgan fingerprint density at radius 3 is 2.00 bits per heavy atom. The molecule has 0 aliphatic heterocycles. The maximum atomic E-state index is 14.8. The van der Waals surface area contributed by atoms with E-state index in [0.717, 1.165) is 19.2 Å². The summed E-state index contributed by atoms with van der Waals surface area (Å²) in [6.07, 6.45) is -1.01.